The van der Waals surface area contributed by atoms with Gasteiger partial charge in [0.2, 0.25) is 0 Å². The van der Waals surface area contributed by atoms with E-state index in [4.69, 9.17) is 23.7 Å². The molecule has 0 aromatic heterocycles. The van der Waals surface area contributed by atoms with Crippen LogP contribution in [-0.2, 0) is 32.8 Å². The molecule has 5 nitrogen and oxygen atoms in total. The summed E-state index contributed by atoms with van der Waals surface area (Å²) in [5.41, 5.74) is 5.70. The third-order valence-corrected chi connectivity index (χ3v) is 8.03. The first-order valence-corrected chi connectivity index (χ1v) is 16.8. The third kappa shape index (κ3) is 10.2. The number of hydrogen-bond acceptors (Lipinski definition) is 5. The number of para-hydroxylation sites is 2. The van der Waals surface area contributed by atoms with Gasteiger partial charge in [0.05, 0.1) is 6.61 Å². The number of rotatable bonds is 12. The molecule has 0 radical (unpaired) electrons. The van der Waals surface area contributed by atoms with E-state index in [1.165, 1.54) is 0 Å². The molecule has 6 aromatic rings. The Morgan fingerprint density at radius 1 is 0.469 bits per heavy atom. The second kappa shape index (κ2) is 17.5. The summed E-state index contributed by atoms with van der Waals surface area (Å²) in [7, 11) is 0. The van der Waals surface area contributed by atoms with E-state index in [1.54, 1.807) is 0 Å². The summed E-state index contributed by atoms with van der Waals surface area (Å²) >= 11 is 0. The molecule has 49 heavy (non-hydrogen) atoms. The summed E-state index contributed by atoms with van der Waals surface area (Å²) < 4.78 is 29.9. The highest BCUT2D eigenvalue weighted by Crippen LogP contribution is 2.39. The molecule has 6 aromatic carbocycles. The summed E-state index contributed by atoms with van der Waals surface area (Å²) in [5.74, 6) is 4.51. The Bertz CT molecular complexity index is 1780. The molecule has 1 atom stereocenters. The second-order valence-corrected chi connectivity index (χ2v) is 12.1. The first-order chi connectivity index (χ1) is 24.2. The third-order valence-electron chi connectivity index (χ3n) is 8.03. The largest absolute Gasteiger partial charge is 0.493 e. The van der Waals surface area contributed by atoms with Gasteiger partial charge in [-0.2, -0.15) is 0 Å². The van der Waals surface area contributed by atoms with E-state index in [9.17, 15) is 0 Å². The van der Waals surface area contributed by atoms with Gasteiger partial charge >= 0.3 is 0 Å². The highest BCUT2D eigenvalue weighted by Gasteiger charge is 2.22. The molecule has 0 bridgehead atoms. The van der Waals surface area contributed by atoms with Crippen molar-refractivity contribution >= 4 is 0 Å². The Labute approximate surface area is 289 Å². The molecule has 0 spiro atoms. The molecule has 0 amide bonds. The number of ether oxygens (including phenoxy) is 5. The first kappa shape index (κ1) is 33.2. The molecular formula is C44H42O5. The van der Waals surface area contributed by atoms with Gasteiger partial charge in [-0.3, -0.25) is 0 Å². The van der Waals surface area contributed by atoms with Gasteiger partial charge in [-0.1, -0.05) is 140 Å². The molecule has 0 aliphatic carbocycles. The minimum Gasteiger partial charge on any atom is -0.493 e. The van der Waals surface area contributed by atoms with Crippen molar-refractivity contribution in [2.75, 3.05) is 6.61 Å². The first-order valence-electron chi connectivity index (χ1n) is 16.8. The zero-order valence-electron chi connectivity index (χ0n) is 27.9. The Morgan fingerprint density at radius 2 is 0.857 bits per heavy atom. The SMILES string of the molecule is CC1COc2cc(OCc3ccccc3)cc(OCc3ccccc3)c2C1.c1ccc(COc2ccccc2OCc2ccccc2)cc1. The van der Waals surface area contributed by atoms with Gasteiger partial charge in [0.15, 0.2) is 11.5 Å². The quantitative estimate of drug-likeness (QED) is 0.132. The second-order valence-electron chi connectivity index (χ2n) is 12.1. The van der Waals surface area contributed by atoms with Crippen LogP contribution in [0.15, 0.2) is 158 Å². The topological polar surface area (TPSA) is 46.2 Å². The lowest BCUT2D eigenvalue weighted by molar-refractivity contribution is 0.220. The molecular weight excluding hydrogens is 608 g/mol. The molecule has 1 aliphatic heterocycles. The zero-order valence-corrected chi connectivity index (χ0v) is 27.9. The molecule has 1 aliphatic rings. The van der Waals surface area contributed by atoms with Crippen molar-refractivity contribution in [3.05, 3.63) is 186 Å². The predicted octanol–water partition coefficient (Wildman–Crippen LogP) is 10.3. The van der Waals surface area contributed by atoms with Gasteiger partial charge in [-0.15, -0.1) is 0 Å². The molecule has 0 N–H and O–H groups in total. The summed E-state index contributed by atoms with van der Waals surface area (Å²) in [6, 6.07) is 52.4. The number of fused-ring (bicyclic) bond motifs is 1. The van der Waals surface area contributed by atoms with E-state index in [0.717, 1.165) is 69.6 Å². The van der Waals surface area contributed by atoms with Crippen LogP contribution < -0.4 is 23.7 Å². The predicted molar refractivity (Wildman–Crippen MR) is 194 cm³/mol. The van der Waals surface area contributed by atoms with Crippen LogP contribution in [-0.4, -0.2) is 6.61 Å². The maximum absolute atomic E-state index is 6.17. The van der Waals surface area contributed by atoms with Crippen LogP contribution in [0.4, 0.5) is 0 Å². The molecule has 248 valence electrons. The molecule has 7 rings (SSSR count). The van der Waals surface area contributed by atoms with E-state index in [2.05, 4.69) is 31.2 Å². The van der Waals surface area contributed by atoms with Crippen LogP contribution >= 0.6 is 0 Å². The van der Waals surface area contributed by atoms with Gasteiger partial charge < -0.3 is 23.7 Å². The summed E-state index contributed by atoms with van der Waals surface area (Å²) in [5, 5.41) is 0. The van der Waals surface area contributed by atoms with Crippen molar-refractivity contribution in [2.45, 2.75) is 39.8 Å². The molecule has 0 fully saturated rings. The summed E-state index contributed by atoms with van der Waals surface area (Å²) in [6.45, 7) is 5.05. The van der Waals surface area contributed by atoms with Crippen molar-refractivity contribution in [1.82, 2.24) is 0 Å². The Balaban J connectivity index is 0.000000174. The van der Waals surface area contributed by atoms with Crippen molar-refractivity contribution < 1.29 is 23.7 Å². The van der Waals surface area contributed by atoms with Crippen molar-refractivity contribution in [2.24, 2.45) is 5.92 Å². The van der Waals surface area contributed by atoms with Gasteiger partial charge in [-0.05, 0) is 46.7 Å². The van der Waals surface area contributed by atoms with Gasteiger partial charge in [0, 0.05) is 17.7 Å². The fraction of sp³-hybridized carbons (Fsp3) is 0.182. The molecule has 5 heteroatoms. The summed E-state index contributed by atoms with van der Waals surface area (Å²) in [6.07, 6.45) is 0.957. The van der Waals surface area contributed by atoms with E-state index < -0.39 is 0 Å². The number of benzene rings is 6. The minimum atomic E-state index is 0.479. The molecule has 0 saturated heterocycles. The van der Waals surface area contributed by atoms with Crippen LogP contribution in [0.5, 0.6) is 28.7 Å². The average Bonchev–Trinajstić information content (AvgIpc) is 3.17. The highest BCUT2D eigenvalue weighted by atomic mass is 16.5. The van der Waals surface area contributed by atoms with E-state index in [1.807, 2.05) is 133 Å². The maximum Gasteiger partial charge on any atom is 0.161 e. The van der Waals surface area contributed by atoms with Crippen molar-refractivity contribution in [3.8, 4) is 28.7 Å². The van der Waals surface area contributed by atoms with Crippen LogP contribution in [0.3, 0.4) is 0 Å². The Hall–Kier alpha value is -5.68. The smallest absolute Gasteiger partial charge is 0.161 e. The lowest BCUT2D eigenvalue weighted by Crippen LogP contribution is -2.19. The van der Waals surface area contributed by atoms with Crippen LogP contribution in [0.2, 0.25) is 0 Å². The van der Waals surface area contributed by atoms with Crippen LogP contribution in [0.1, 0.15) is 34.7 Å². The lowest BCUT2D eigenvalue weighted by Gasteiger charge is -2.25. The highest BCUT2D eigenvalue weighted by molar-refractivity contribution is 5.52. The van der Waals surface area contributed by atoms with Gasteiger partial charge in [0.1, 0.15) is 43.7 Å². The molecule has 1 unspecified atom stereocenters. The molecule has 0 saturated carbocycles. The zero-order chi connectivity index (χ0) is 33.5. The van der Waals surface area contributed by atoms with Crippen LogP contribution in [0.25, 0.3) is 0 Å². The van der Waals surface area contributed by atoms with Crippen LogP contribution in [0, 0.1) is 5.92 Å². The maximum atomic E-state index is 6.17. The monoisotopic (exact) mass is 650 g/mol. The van der Waals surface area contributed by atoms with Gasteiger partial charge in [-0.25, -0.2) is 0 Å². The number of hydrogen-bond donors (Lipinski definition) is 0. The minimum absolute atomic E-state index is 0.479. The average molecular weight is 651 g/mol. The van der Waals surface area contributed by atoms with Gasteiger partial charge in [0.25, 0.3) is 0 Å². The van der Waals surface area contributed by atoms with E-state index >= 15 is 0 Å². The fourth-order valence-electron chi connectivity index (χ4n) is 5.41. The van der Waals surface area contributed by atoms with Crippen molar-refractivity contribution in [1.29, 1.82) is 0 Å². The normalized spacial score (nSPS) is 13.1. The van der Waals surface area contributed by atoms with Crippen molar-refractivity contribution in [3.63, 3.8) is 0 Å². The molecule has 1 heterocycles. The fourth-order valence-corrected chi connectivity index (χ4v) is 5.41. The van der Waals surface area contributed by atoms with E-state index in [-0.39, 0.29) is 0 Å². The Kier molecular flexibility index (Phi) is 11.8. The summed E-state index contributed by atoms with van der Waals surface area (Å²) in [4.78, 5) is 0. The van der Waals surface area contributed by atoms with E-state index in [0.29, 0.717) is 32.3 Å². The lowest BCUT2D eigenvalue weighted by atomic mass is 9.97. The standard InChI is InChI=1S/C24H24O3.C20H18O2/c1-18-12-22-23(26-15-18)13-21(25-16-19-8-4-2-5-9-19)14-24(22)27-17-20-10-6-3-7-11-20;1-3-9-17(10-4-1)15-21-19-13-7-8-14-20(19)22-16-18-11-5-2-6-12-18/h2-11,13-14,18H,12,15-17H2,1H3;1-14H,15-16H2. The Morgan fingerprint density at radius 3 is 1.31 bits per heavy atom.